The molecule has 1 unspecified atom stereocenters. The van der Waals surface area contributed by atoms with Gasteiger partial charge in [-0.05, 0) is 54.7 Å². The lowest BCUT2D eigenvalue weighted by atomic mass is 9.99. The summed E-state index contributed by atoms with van der Waals surface area (Å²) in [7, 11) is -3.49. The second-order valence-corrected chi connectivity index (χ2v) is 10.7. The molecule has 1 aliphatic rings. The third kappa shape index (κ3) is 5.53. The zero-order valence-corrected chi connectivity index (χ0v) is 20.7. The van der Waals surface area contributed by atoms with E-state index in [1.807, 2.05) is 38.1 Å². The molecule has 178 valence electrons. The minimum Gasteiger partial charge on any atom is -0.593 e. The molecular formula is C28H32N2O3S. The standard InChI is InChI=1S/C28H32N2O3S/c1-3-30(4-2)34(32,33)27-15-11-22(12-16-27)19-28(31)25-13-9-23(10-14-25)20-29-18-17-24-7-5-6-8-26(24)21-29/h5-16H,3-4,17-21H2,1-2H3. The number of fused-ring (bicyclic) bond motifs is 1. The largest absolute Gasteiger partial charge is 0.593 e. The van der Waals surface area contributed by atoms with Crippen LogP contribution in [0.5, 0.6) is 0 Å². The van der Waals surface area contributed by atoms with Gasteiger partial charge in [-0.3, -0.25) is 9.69 Å². The highest BCUT2D eigenvalue weighted by Crippen LogP contribution is 2.23. The minimum absolute atomic E-state index is 0.0257. The summed E-state index contributed by atoms with van der Waals surface area (Å²) in [5, 5.41) is 0. The van der Waals surface area contributed by atoms with E-state index >= 15 is 0 Å². The van der Waals surface area contributed by atoms with Crippen molar-refractivity contribution in [1.82, 2.24) is 9.21 Å². The number of ketones is 1. The molecule has 0 fully saturated rings. The highest BCUT2D eigenvalue weighted by atomic mass is 32.3. The van der Waals surface area contributed by atoms with Crippen LogP contribution in [-0.2, 0) is 40.5 Å². The van der Waals surface area contributed by atoms with Gasteiger partial charge in [-0.1, -0.05) is 64.9 Å². The smallest absolute Gasteiger partial charge is 0.175 e. The SMILES string of the molecule is CCN(CC)[S+](=O)([O-])c1ccc(CC(=O)c2ccc(CN3CCc4ccccc4C3)cc2)cc1. The van der Waals surface area contributed by atoms with E-state index in [0.29, 0.717) is 18.7 Å². The number of Topliss-reactive ketones (excluding diaryl/α,β-unsaturated/α-hetero) is 1. The second-order valence-electron chi connectivity index (χ2n) is 8.76. The molecule has 0 bridgehead atoms. The van der Waals surface area contributed by atoms with Crippen molar-refractivity contribution in [2.45, 2.75) is 44.7 Å². The Hall–Kier alpha value is -2.64. The van der Waals surface area contributed by atoms with Gasteiger partial charge in [-0.2, -0.15) is 0 Å². The van der Waals surface area contributed by atoms with Gasteiger partial charge in [-0.15, -0.1) is 4.31 Å². The zero-order valence-electron chi connectivity index (χ0n) is 19.9. The second kappa shape index (κ2) is 10.7. The van der Waals surface area contributed by atoms with Crippen LogP contribution >= 0.6 is 0 Å². The molecule has 3 aromatic carbocycles. The van der Waals surface area contributed by atoms with Gasteiger partial charge in [0.05, 0.1) is 0 Å². The van der Waals surface area contributed by atoms with Crippen LogP contribution in [0.25, 0.3) is 0 Å². The molecule has 1 heterocycles. The van der Waals surface area contributed by atoms with Gasteiger partial charge >= 0.3 is 0 Å². The Kier molecular flexibility index (Phi) is 7.73. The summed E-state index contributed by atoms with van der Waals surface area (Å²) in [5.41, 5.74) is 5.52. The Morgan fingerprint density at radius 1 is 0.912 bits per heavy atom. The van der Waals surface area contributed by atoms with Gasteiger partial charge in [0.2, 0.25) is 0 Å². The van der Waals surface area contributed by atoms with Crippen LogP contribution in [0.2, 0.25) is 0 Å². The third-order valence-electron chi connectivity index (χ3n) is 6.52. The van der Waals surface area contributed by atoms with Crippen molar-refractivity contribution >= 4 is 16.2 Å². The van der Waals surface area contributed by atoms with E-state index < -0.39 is 10.4 Å². The van der Waals surface area contributed by atoms with Crippen LogP contribution in [-0.4, -0.2) is 39.2 Å². The predicted molar refractivity (Wildman–Crippen MR) is 135 cm³/mol. The zero-order chi connectivity index (χ0) is 24.1. The number of hydrogen-bond donors (Lipinski definition) is 0. The molecule has 34 heavy (non-hydrogen) atoms. The fraction of sp³-hybridized carbons (Fsp3) is 0.321. The van der Waals surface area contributed by atoms with E-state index in [9.17, 15) is 13.6 Å². The molecule has 0 amide bonds. The Bertz CT molecular complexity index is 1170. The van der Waals surface area contributed by atoms with Crippen LogP contribution in [0, 0.1) is 0 Å². The Morgan fingerprint density at radius 3 is 2.18 bits per heavy atom. The molecule has 6 heteroatoms. The van der Waals surface area contributed by atoms with Gasteiger partial charge in [0, 0.05) is 44.7 Å². The van der Waals surface area contributed by atoms with E-state index in [2.05, 4.69) is 29.2 Å². The molecule has 0 saturated heterocycles. The summed E-state index contributed by atoms with van der Waals surface area (Å²) >= 11 is 0. The first-order valence-electron chi connectivity index (χ1n) is 11.9. The molecule has 0 aliphatic carbocycles. The lowest BCUT2D eigenvalue weighted by molar-refractivity contribution is 0.0993. The highest BCUT2D eigenvalue weighted by Gasteiger charge is 2.27. The lowest BCUT2D eigenvalue weighted by Crippen LogP contribution is -2.35. The molecule has 5 nitrogen and oxygen atoms in total. The van der Waals surface area contributed by atoms with E-state index in [-0.39, 0.29) is 17.1 Å². The Labute approximate surface area is 203 Å². The van der Waals surface area contributed by atoms with E-state index in [1.54, 1.807) is 24.3 Å². The summed E-state index contributed by atoms with van der Waals surface area (Å²) in [6.07, 6.45) is 1.32. The number of benzene rings is 3. The maximum Gasteiger partial charge on any atom is 0.175 e. The molecule has 0 radical (unpaired) electrons. The molecule has 0 spiro atoms. The first-order chi connectivity index (χ1) is 16.4. The minimum atomic E-state index is -3.49. The van der Waals surface area contributed by atoms with Gasteiger partial charge in [0.25, 0.3) is 0 Å². The molecular weight excluding hydrogens is 444 g/mol. The van der Waals surface area contributed by atoms with Crippen LogP contribution in [0.15, 0.2) is 77.7 Å². The number of hydrogen-bond acceptors (Lipinski definition) is 4. The lowest BCUT2D eigenvalue weighted by Gasteiger charge is -2.28. The molecule has 0 N–H and O–H groups in total. The number of sulfonamides is 1. The Morgan fingerprint density at radius 2 is 1.53 bits per heavy atom. The fourth-order valence-corrected chi connectivity index (χ4v) is 5.98. The van der Waals surface area contributed by atoms with Crippen molar-refractivity contribution in [3.05, 3.63) is 101 Å². The number of carbonyl (C=O) groups is 1. The maximum atomic E-state index is 12.8. The number of nitrogens with zero attached hydrogens (tertiary/aromatic N) is 2. The van der Waals surface area contributed by atoms with Crippen molar-refractivity contribution in [2.24, 2.45) is 0 Å². The van der Waals surface area contributed by atoms with Crippen LogP contribution in [0.4, 0.5) is 0 Å². The number of carbonyl (C=O) groups excluding carboxylic acids is 1. The van der Waals surface area contributed by atoms with Gasteiger partial charge in [0.15, 0.2) is 21.1 Å². The summed E-state index contributed by atoms with van der Waals surface area (Å²) in [6, 6.07) is 23.1. The van der Waals surface area contributed by atoms with Crippen LogP contribution in [0.3, 0.4) is 0 Å². The molecule has 1 aliphatic heterocycles. The van der Waals surface area contributed by atoms with Gasteiger partial charge in [0.1, 0.15) is 0 Å². The van der Waals surface area contributed by atoms with Crippen molar-refractivity contribution in [3.63, 3.8) is 0 Å². The predicted octanol–water partition coefficient (Wildman–Crippen LogP) is 4.92. The third-order valence-corrected chi connectivity index (χ3v) is 8.59. The Balaban J connectivity index is 1.35. The molecule has 3 aromatic rings. The van der Waals surface area contributed by atoms with Crippen LogP contribution in [0.1, 0.15) is 46.5 Å². The first kappa shape index (κ1) is 24.5. The summed E-state index contributed by atoms with van der Waals surface area (Å²) in [4.78, 5) is 15.5. The van der Waals surface area contributed by atoms with Gasteiger partial charge < -0.3 is 4.55 Å². The van der Waals surface area contributed by atoms with Crippen LogP contribution < -0.4 is 0 Å². The summed E-state index contributed by atoms with van der Waals surface area (Å²) < 4.78 is 26.7. The van der Waals surface area contributed by atoms with E-state index in [0.717, 1.165) is 31.6 Å². The monoisotopic (exact) mass is 476 g/mol. The van der Waals surface area contributed by atoms with Crippen molar-refractivity contribution in [1.29, 1.82) is 0 Å². The average Bonchev–Trinajstić information content (AvgIpc) is 2.85. The normalized spacial score (nSPS) is 15.6. The number of rotatable bonds is 9. The van der Waals surface area contributed by atoms with Crippen molar-refractivity contribution in [3.8, 4) is 0 Å². The highest BCUT2D eigenvalue weighted by molar-refractivity contribution is 7.95. The molecule has 1 atom stereocenters. The summed E-state index contributed by atoms with van der Waals surface area (Å²) in [6.45, 7) is 7.37. The van der Waals surface area contributed by atoms with Crippen molar-refractivity contribution in [2.75, 3.05) is 19.6 Å². The van der Waals surface area contributed by atoms with E-state index in [4.69, 9.17) is 0 Å². The van der Waals surface area contributed by atoms with E-state index in [1.165, 1.54) is 21.0 Å². The molecule has 0 saturated carbocycles. The van der Waals surface area contributed by atoms with Gasteiger partial charge in [-0.25, -0.2) is 0 Å². The fourth-order valence-electron chi connectivity index (χ4n) is 4.52. The summed E-state index contributed by atoms with van der Waals surface area (Å²) in [5.74, 6) is 0.0257. The molecule has 0 aromatic heterocycles. The van der Waals surface area contributed by atoms with Crippen molar-refractivity contribution < 1.29 is 13.6 Å². The topological polar surface area (TPSA) is 63.7 Å². The first-order valence-corrected chi connectivity index (χ1v) is 13.3. The molecule has 4 rings (SSSR count). The maximum absolute atomic E-state index is 12.8. The average molecular weight is 477 g/mol. The quantitative estimate of drug-likeness (QED) is 0.325.